The molecule has 1 atom stereocenters. The second kappa shape index (κ2) is 8.75. The van der Waals surface area contributed by atoms with Crippen LogP contribution in [-0.4, -0.2) is 34.8 Å². The van der Waals surface area contributed by atoms with Gasteiger partial charge in [0.2, 0.25) is 0 Å². The number of carboxylic acids is 1. The van der Waals surface area contributed by atoms with Crippen LogP contribution in [0.1, 0.15) is 28.3 Å². The number of aromatic amines is 1. The van der Waals surface area contributed by atoms with Crippen molar-refractivity contribution in [3.63, 3.8) is 0 Å². The summed E-state index contributed by atoms with van der Waals surface area (Å²) in [6.07, 6.45) is -0.688. The van der Waals surface area contributed by atoms with Crippen molar-refractivity contribution in [1.82, 2.24) is 10.3 Å². The van der Waals surface area contributed by atoms with Crippen molar-refractivity contribution in [2.75, 3.05) is 6.61 Å². The van der Waals surface area contributed by atoms with Gasteiger partial charge in [-0.25, -0.2) is 9.59 Å². The predicted octanol–water partition coefficient (Wildman–Crippen LogP) is 4.57. The smallest absolute Gasteiger partial charge is 0.407 e. The first-order valence-electron chi connectivity index (χ1n) is 10.9. The monoisotopic (exact) mass is 451 g/mol. The average molecular weight is 451 g/mol. The Hall–Kier alpha value is -4.57. The van der Waals surface area contributed by atoms with Crippen LogP contribution in [0.5, 0.6) is 0 Å². The molecule has 7 heteroatoms. The number of alkyl carbamates (subject to hydrolysis) is 1. The van der Waals surface area contributed by atoms with E-state index in [0.29, 0.717) is 5.69 Å². The number of benzene rings is 3. The minimum absolute atomic E-state index is 0.0858. The summed E-state index contributed by atoms with van der Waals surface area (Å²) in [5, 5.41) is 22.0. The van der Waals surface area contributed by atoms with E-state index in [1.54, 1.807) is 18.2 Å². The summed E-state index contributed by atoms with van der Waals surface area (Å²) < 4.78 is 5.49. The van der Waals surface area contributed by atoms with E-state index < -0.39 is 18.1 Å². The zero-order valence-corrected chi connectivity index (χ0v) is 18.1. The largest absolute Gasteiger partial charge is 0.480 e. The number of carbonyl (C=O) groups is 2. The SMILES string of the molecule is N#Cc1cc2cc(CC(NC(=O)OCC3c4ccccc4-c4ccccc43)C(=O)O)ccc2[nH]1. The molecule has 0 saturated heterocycles. The van der Waals surface area contributed by atoms with Gasteiger partial charge in [-0.1, -0.05) is 54.6 Å². The molecule has 0 fully saturated rings. The molecule has 0 saturated carbocycles. The lowest BCUT2D eigenvalue weighted by Gasteiger charge is -2.17. The van der Waals surface area contributed by atoms with Crippen LogP contribution in [0.4, 0.5) is 4.79 Å². The summed E-state index contributed by atoms with van der Waals surface area (Å²) in [6, 6.07) is 24.0. The molecule has 168 valence electrons. The molecule has 34 heavy (non-hydrogen) atoms. The van der Waals surface area contributed by atoms with Crippen LogP contribution in [0.25, 0.3) is 22.0 Å². The average Bonchev–Trinajstić information content (AvgIpc) is 3.40. The maximum atomic E-state index is 12.5. The van der Waals surface area contributed by atoms with Gasteiger partial charge in [0.15, 0.2) is 0 Å². The quantitative estimate of drug-likeness (QED) is 0.397. The number of fused-ring (bicyclic) bond motifs is 4. The highest BCUT2D eigenvalue weighted by Crippen LogP contribution is 2.44. The summed E-state index contributed by atoms with van der Waals surface area (Å²) in [6.45, 7) is 0.110. The second-order valence-corrected chi connectivity index (χ2v) is 8.28. The number of carboxylic acid groups (broad SMARTS) is 1. The molecule has 7 nitrogen and oxygen atoms in total. The first kappa shape index (κ1) is 21.3. The van der Waals surface area contributed by atoms with Gasteiger partial charge < -0.3 is 20.1 Å². The Morgan fingerprint density at radius 1 is 1.03 bits per heavy atom. The molecule has 0 bridgehead atoms. The van der Waals surface area contributed by atoms with Crippen molar-refractivity contribution in [1.29, 1.82) is 5.26 Å². The van der Waals surface area contributed by atoms with Crippen LogP contribution in [0.2, 0.25) is 0 Å². The third-order valence-corrected chi connectivity index (χ3v) is 6.18. The molecule has 3 aromatic carbocycles. The first-order chi connectivity index (χ1) is 16.5. The molecule has 1 heterocycles. The number of rotatable bonds is 6. The van der Waals surface area contributed by atoms with Gasteiger partial charge in [-0.3, -0.25) is 0 Å². The molecule has 1 unspecified atom stereocenters. The van der Waals surface area contributed by atoms with Gasteiger partial charge in [0.05, 0.1) is 0 Å². The normalized spacial score (nSPS) is 13.0. The van der Waals surface area contributed by atoms with Crippen molar-refractivity contribution >= 4 is 23.0 Å². The van der Waals surface area contributed by atoms with E-state index in [-0.39, 0.29) is 18.9 Å². The van der Waals surface area contributed by atoms with Crippen molar-refractivity contribution < 1.29 is 19.4 Å². The van der Waals surface area contributed by atoms with Crippen molar-refractivity contribution in [3.8, 4) is 17.2 Å². The third kappa shape index (κ3) is 3.97. The van der Waals surface area contributed by atoms with E-state index in [9.17, 15) is 14.7 Å². The third-order valence-electron chi connectivity index (χ3n) is 6.18. The van der Waals surface area contributed by atoms with Gasteiger partial charge in [0, 0.05) is 23.2 Å². The van der Waals surface area contributed by atoms with Gasteiger partial charge in [0.25, 0.3) is 0 Å². The van der Waals surface area contributed by atoms with Crippen molar-refractivity contribution in [3.05, 3.63) is 95.2 Å². The lowest BCUT2D eigenvalue weighted by Crippen LogP contribution is -2.42. The molecule has 0 spiro atoms. The minimum atomic E-state index is -1.15. The van der Waals surface area contributed by atoms with Crippen LogP contribution < -0.4 is 5.32 Å². The van der Waals surface area contributed by atoms with E-state index in [0.717, 1.165) is 38.7 Å². The molecular weight excluding hydrogens is 430 g/mol. The van der Waals surface area contributed by atoms with Crippen LogP contribution in [0.15, 0.2) is 72.8 Å². The zero-order valence-electron chi connectivity index (χ0n) is 18.1. The first-order valence-corrected chi connectivity index (χ1v) is 10.9. The molecule has 1 amide bonds. The Balaban J connectivity index is 1.27. The van der Waals surface area contributed by atoms with Gasteiger partial charge in [0.1, 0.15) is 24.4 Å². The summed E-state index contributed by atoms with van der Waals surface area (Å²) in [7, 11) is 0. The van der Waals surface area contributed by atoms with Gasteiger partial charge >= 0.3 is 12.1 Å². The number of ether oxygens (including phenoxy) is 1. The highest BCUT2D eigenvalue weighted by molar-refractivity contribution is 5.83. The fourth-order valence-corrected chi connectivity index (χ4v) is 4.59. The molecule has 1 aromatic heterocycles. The van der Waals surface area contributed by atoms with E-state index in [1.807, 2.05) is 48.5 Å². The Bertz CT molecular complexity index is 1400. The van der Waals surface area contributed by atoms with E-state index in [4.69, 9.17) is 10.00 Å². The summed E-state index contributed by atoms with van der Waals surface area (Å²) >= 11 is 0. The highest BCUT2D eigenvalue weighted by atomic mass is 16.5. The van der Waals surface area contributed by atoms with Crippen LogP contribution >= 0.6 is 0 Å². The van der Waals surface area contributed by atoms with E-state index in [2.05, 4.69) is 22.4 Å². The predicted molar refractivity (Wildman–Crippen MR) is 126 cm³/mol. The fourth-order valence-electron chi connectivity index (χ4n) is 4.59. The molecular formula is C27H21N3O4. The van der Waals surface area contributed by atoms with E-state index in [1.165, 1.54) is 0 Å². The number of hydrogen-bond donors (Lipinski definition) is 3. The topological polar surface area (TPSA) is 115 Å². The Labute approximate surface area is 195 Å². The highest BCUT2D eigenvalue weighted by Gasteiger charge is 2.29. The Morgan fingerprint density at radius 3 is 2.35 bits per heavy atom. The number of nitriles is 1. The van der Waals surface area contributed by atoms with Crippen LogP contribution in [-0.2, 0) is 16.0 Å². The molecule has 1 aliphatic carbocycles. The standard InChI is InChI=1S/C27H21N3O4/c28-14-18-13-17-11-16(9-10-24(17)29-18)12-25(26(31)32)30-27(33)34-15-23-21-7-3-1-5-19(21)20-6-2-4-8-22(20)23/h1-11,13,23,25,29H,12,15H2,(H,30,33)(H,31,32). The number of aliphatic carboxylic acids is 1. The van der Waals surface area contributed by atoms with Crippen molar-refractivity contribution in [2.24, 2.45) is 0 Å². The van der Waals surface area contributed by atoms with Crippen LogP contribution in [0, 0.1) is 11.3 Å². The summed E-state index contributed by atoms with van der Waals surface area (Å²) in [4.78, 5) is 27.3. The molecule has 5 rings (SSSR count). The number of amides is 1. The molecule has 0 aliphatic heterocycles. The summed E-state index contributed by atoms with van der Waals surface area (Å²) in [5.41, 5.74) is 6.36. The number of nitrogens with zero attached hydrogens (tertiary/aromatic N) is 1. The van der Waals surface area contributed by atoms with Gasteiger partial charge in [-0.15, -0.1) is 0 Å². The Kier molecular flexibility index (Phi) is 5.48. The number of carbonyl (C=O) groups excluding carboxylic acids is 1. The minimum Gasteiger partial charge on any atom is -0.480 e. The molecule has 1 aliphatic rings. The number of nitrogens with one attached hydrogen (secondary N) is 2. The Morgan fingerprint density at radius 2 is 1.71 bits per heavy atom. The second-order valence-electron chi connectivity index (χ2n) is 8.28. The number of aromatic nitrogens is 1. The van der Waals surface area contributed by atoms with Gasteiger partial charge in [-0.2, -0.15) is 5.26 Å². The lowest BCUT2D eigenvalue weighted by atomic mass is 9.98. The number of hydrogen-bond acceptors (Lipinski definition) is 4. The van der Waals surface area contributed by atoms with Gasteiger partial charge in [-0.05, 0) is 46.0 Å². The molecule has 0 radical (unpaired) electrons. The van der Waals surface area contributed by atoms with E-state index >= 15 is 0 Å². The zero-order chi connectivity index (χ0) is 23.7. The van der Waals surface area contributed by atoms with Crippen molar-refractivity contribution in [2.45, 2.75) is 18.4 Å². The summed E-state index contributed by atoms with van der Waals surface area (Å²) in [5.74, 6) is -1.26. The number of H-pyrrole nitrogens is 1. The molecule has 4 aromatic rings. The molecule has 3 N–H and O–H groups in total. The van der Waals surface area contributed by atoms with Crippen LogP contribution in [0.3, 0.4) is 0 Å². The fraction of sp³-hybridized carbons (Fsp3) is 0.148. The lowest BCUT2D eigenvalue weighted by molar-refractivity contribution is -0.139. The maximum absolute atomic E-state index is 12.5. The maximum Gasteiger partial charge on any atom is 0.407 e.